The molecule has 0 heterocycles. The van der Waals surface area contributed by atoms with Crippen LogP contribution < -0.4 is 0 Å². The number of hydrogen-bond acceptors (Lipinski definition) is 5. The second kappa shape index (κ2) is 16.4. The van der Waals surface area contributed by atoms with Crippen LogP contribution >= 0.6 is 15.9 Å². The second-order valence-electron chi connectivity index (χ2n) is 14.9. The highest BCUT2D eigenvalue weighted by molar-refractivity contribution is 9.11. The fourth-order valence-corrected chi connectivity index (χ4v) is 7.80. The number of methoxy groups -OCH3 is 1. The molecule has 42 heavy (non-hydrogen) atoms. The quantitative estimate of drug-likeness (QED) is 0.0600. The van der Waals surface area contributed by atoms with Gasteiger partial charge in [-0.05, 0) is 72.9 Å². The molecule has 0 radical (unpaired) electrons. The van der Waals surface area contributed by atoms with Crippen LogP contribution in [0.5, 0.6) is 0 Å². The molecule has 240 valence electrons. The number of ether oxygens (including phenoxy) is 1. The van der Waals surface area contributed by atoms with Gasteiger partial charge in [0.05, 0.1) is 19.3 Å². The van der Waals surface area contributed by atoms with Crippen molar-refractivity contribution in [3.8, 4) is 11.8 Å². The zero-order valence-corrected chi connectivity index (χ0v) is 32.4. The summed E-state index contributed by atoms with van der Waals surface area (Å²) in [5.41, 5.74) is 0. The molecular weight excluding hydrogens is 624 g/mol. The van der Waals surface area contributed by atoms with Gasteiger partial charge in [0.1, 0.15) is 5.78 Å². The monoisotopic (exact) mass is 682 g/mol. The van der Waals surface area contributed by atoms with Crippen LogP contribution in [0.1, 0.15) is 93.9 Å². The molecule has 5 atom stereocenters. The van der Waals surface area contributed by atoms with Crippen LogP contribution in [-0.4, -0.2) is 47.7 Å². The van der Waals surface area contributed by atoms with Crippen LogP contribution in [0.4, 0.5) is 0 Å². The summed E-state index contributed by atoms with van der Waals surface area (Å²) in [5, 5.41) is 0.127. The first kappa shape index (κ1) is 39.0. The molecular formula is C34H59BrO5Si2. The van der Waals surface area contributed by atoms with Gasteiger partial charge in [-0.3, -0.25) is 9.59 Å². The molecule has 8 heteroatoms. The van der Waals surface area contributed by atoms with E-state index < -0.39 is 16.6 Å². The van der Waals surface area contributed by atoms with E-state index in [0.29, 0.717) is 25.7 Å². The van der Waals surface area contributed by atoms with Gasteiger partial charge in [0, 0.05) is 31.1 Å². The van der Waals surface area contributed by atoms with Crippen LogP contribution in [0.25, 0.3) is 0 Å². The van der Waals surface area contributed by atoms with E-state index >= 15 is 0 Å². The SMILES string of the molecule is CC#CCC(C)[C@@H](/C=C/[C@H]1[C@H](O[Si](C)(C)C(C)(C)C)CC(=O)[C@@H]1CC(Br)=CCCCC(=O)OC)O[Si](C)(C)C(C)(C)C. The third kappa shape index (κ3) is 11.8. The number of Topliss-reactive ketones (excluding diaryl/α,β-unsaturated/α-hetero) is 1. The van der Waals surface area contributed by atoms with Gasteiger partial charge in [-0.25, -0.2) is 0 Å². The van der Waals surface area contributed by atoms with Crippen molar-refractivity contribution in [1.82, 2.24) is 0 Å². The van der Waals surface area contributed by atoms with Crippen LogP contribution in [0.3, 0.4) is 0 Å². The number of unbranched alkanes of at least 4 members (excludes halogenated alkanes) is 1. The highest BCUT2D eigenvalue weighted by atomic mass is 79.9. The third-order valence-corrected chi connectivity index (χ3v) is 19.1. The smallest absolute Gasteiger partial charge is 0.305 e. The van der Waals surface area contributed by atoms with Gasteiger partial charge in [-0.2, -0.15) is 0 Å². The first-order valence-electron chi connectivity index (χ1n) is 15.5. The van der Waals surface area contributed by atoms with Gasteiger partial charge < -0.3 is 13.6 Å². The molecule has 1 saturated carbocycles. The largest absolute Gasteiger partial charge is 0.469 e. The van der Waals surface area contributed by atoms with Gasteiger partial charge in [0.15, 0.2) is 16.6 Å². The minimum absolute atomic E-state index is 0.0439. The summed E-state index contributed by atoms with van der Waals surface area (Å²) in [7, 11) is -2.75. The van der Waals surface area contributed by atoms with E-state index in [-0.39, 0.29) is 51.8 Å². The predicted molar refractivity (Wildman–Crippen MR) is 185 cm³/mol. The molecule has 1 aliphatic carbocycles. The van der Waals surface area contributed by atoms with Crippen molar-refractivity contribution in [3.05, 3.63) is 22.7 Å². The normalized spacial score (nSPS) is 22.2. The molecule has 0 amide bonds. The highest BCUT2D eigenvalue weighted by Crippen LogP contribution is 2.44. The molecule has 0 aromatic heterocycles. The number of carbonyl (C=O) groups is 2. The predicted octanol–water partition coefficient (Wildman–Crippen LogP) is 9.59. The Morgan fingerprint density at radius 1 is 1.10 bits per heavy atom. The number of ketones is 1. The molecule has 0 aromatic carbocycles. The summed E-state index contributed by atoms with van der Waals surface area (Å²) in [6.45, 7) is 26.7. The number of allylic oxidation sites excluding steroid dienone is 2. The van der Waals surface area contributed by atoms with E-state index in [9.17, 15) is 9.59 Å². The van der Waals surface area contributed by atoms with Gasteiger partial charge in [-0.1, -0.05) is 82.6 Å². The van der Waals surface area contributed by atoms with Crippen molar-refractivity contribution >= 4 is 44.3 Å². The van der Waals surface area contributed by atoms with E-state index in [0.717, 1.165) is 17.3 Å². The van der Waals surface area contributed by atoms with Gasteiger partial charge in [0.2, 0.25) is 0 Å². The number of esters is 1. The minimum atomic E-state index is -2.11. The summed E-state index contributed by atoms with van der Waals surface area (Å²) in [6, 6.07) is 0. The van der Waals surface area contributed by atoms with Crippen molar-refractivity contribution in [2.75, 3.05) is 7.11 Å². The number of carbonyl (C=O) groups excluding carboxylic acids is 2. The van der Waals surface area contributed by atoms with Crippen LogP contribution in [0.2, 0.25) is 36.3 Å². The zero-order valence-electron chi connectivity index (χ0n) is 28.8. The molecule has 5 nitrogen and oxygen atoms in total. The average Bonchev–Trinajstić information content (AvgIpc) is 3.13. The van der Waals surface area contributed by atoms with Crippen LogP contribution in [-0.2, 0) is 23.2 Å². The van der Waals surface area contributed by atoms with Crippen molar-refractivity contribution in [3.63, 3.8) is 0 Å². The fraction of sp³-hybridized carbons (Fsp3) is 0.765. The zero-order chi connectivity index (χ0) is 32.5. The van der Waals surface area contributed by atoms with E-state index in [1.807, 2.05) is 6.92 Å². The van der Waals surface area contributed by atoms with Gasteiger partial charge in [0.25, 0.3) is 0 Å². The maximum absolute atomic E-state index is 13.6. The minimum Gasteiger partial charge on any atom is -0.469 e. The fourth-order valence-electron chi connectivity index (χ4n) is 4.52. The second-order valence-corrected chi connectivity index (χ2v) is 25.5. The first-order chi connectivity index (χ1) is 19.2. The Kier molecular flexibility index (Phi) is 15.2. The summed E-state index contributed by atoms with van der Waals surface area (Å²) < 4.78 is 19.6. The van der Waals surface area contributed by atoms with Crippen molar-refractivity contribution in [1.29, 1.82) is 0 Å². The van der Waals surface area contributed by atoms with Gasteiger partial charge >= 0.3 is 5.97 Å². The molecule has 0 N–H and O–H groups in total. The highest BCUT2D eigenvalue weighted by Gasteiger charge is 2.47. The molecule has 0 spiro atoms. The molecule has 0 saturated heterocycles. The summed E-state index contributed by atoms with van der Waals surface area (Å²) in [4.78, 5) is 25.0. The molecule has 1 unspecified atom stereocenters. The lowest BCUT2D eigenvalue weighted by Crippen LogP contribution is -2.45. The Bertz CT molecular complexity index is 1020. The van der Waals surface area contributed by atoms with E-state index in [2.05, 4.69) is 121 Å². The lowest BCUT2D eigenvalue weighted by atomic mass is 9.89. The van der Waals surface area contributed by atoms with Crippen LogP contribution in [0.15, 0.2) is 22.7 Å². The molecule has 1 aliphatic rings. The molecule has 0 aliphatic heterocycles. The van der Waals surface area contributed by atoms with Gasteiger partial charge in [-0.15, -0.1) is 11.8 Å². The van der Waals surface area contributed by atoms with E-state index in [4.69, 9.17) is 13.6 Å². The van der Waals surface area contributed by atoms with E-state index in [1.165, 1.54) is 7.11 Å². The number of hydrogen-bond donors (Lipinski definition) is 0. The first-order valence-corrected chi connectivity index (χ1v) is 22.2. The number of rotatable bonds is 14. The Morgan fingerprint density at radius 3 is 2.21 bits per heavy atom. The van der Waals surface area contributed by atoms with Crippen molar-refractivity contribution in [2.45, 2.75) is 142 Å². The Balaban J connectivity index is 3.40. The summed E-state index contributed by atoms with van der Waals surface area (Å²) in [5.74, 6) is 6.34. The molecule has 0 bridgehead atoms. The summed E-state index contributed by atoms with van der Waals surface area (Å²) in [6.07, 6.45) is 9.96. The Hall–Kier alpha value is -0.986. The Labute approximate surface area is 268 Å². The lowest BCUT2D eigenvalue weighted by molar-refractivity contribution is -0.140. The molecule has 1 rings (SSSR count). The number of halogens is 1. The maximum Gasteiger partial charge on any atom is 0.305 e. The molecule has 1 fully saturated rings. The van der Waals surface area contributed by atoms with Crippen molar-refractivity contribution < 1.29 is 23.2 Å². The topological polar surface area (TPSA) is 61.8 Å². The van der Waals surface area contributed by atoms with Crippen LogP contribution in [0, 0.1) is 29.6 Å². The van der Waals surface area contributed by atoms with E-state index in [1.54, 1.807) is 0 Å². The maximum atomic E-state index is 13.6. The standard InChI is InChI=1S/C34H59BrO5Si2/c1-14-15-18-25(2)30(39-41(10,11)33(3,4)5)22-21-27-28(23-26(35)19-16-17-20-32(37)38-9)29(36)24-31(27)40-42(12,13)34(6,7)8/h19,21-22,25,27-28,30-31H,16-18,20,23-24H2,1-13H3/b22-21+,26-19?/t25?,27-,28-,30-,31-/m1/s1. The van der Waals surface area contributed by atoms with Crippen molar-refractivity contribution in [2.24, 2.45) is 17.8 Å². The average molecular weight is 684 g/mol. The third-order valence-electron chi connectivity index (χ3n) is 9.48. The molecule has 0 aromatic rings. The summed E-state index contributed by atoms with van der Waals surface area (Å²) >= 11 is 3.74. The lowest BCUT2D eigenvalue weighted by Gasteiger charge is -2.40. The Morgan fingerprint density at radius 2 is 1.69 bits per heavy atom.